The molecule has 0 heteroatoms. The summed E-state index contributed by atoms with van der Waals surface area (Å²) in [4.78, 5) is 0. The van der Waals surface area contributed by atoms with Gasteiger partial charge in [0.05, 0.1) is 0 Å². The van der Waals surface area contributed by atoms with E-state index in [2.05, 4.69) is 114 Å². The van der Waals surface area contributed by atoms with Crippen LogP contribution >= 0.6 is 0 Å². The lowest BCUT2D eigenvalue weighted by atomic mass is 9.79. The third-order valence-electron chi connectivity index (χ3n) is 6.86. The summed E-state index contributed by atoms with van der Waals surface area (Å²) >= 11 is 0. The molecule has 2 unspecified atom stereocenters. The average Bonchev–Trinajstić information content (AvgIpc) is 2.82. The predicted molar refractivity (Wildman–Crippen MR) is 140 cm³/mol. The molecular formula is C32H40. The van der Waals surface area contributed by atoms with Gasteiger partial charge in [-0.2, -0.15) is 0 Å². The van der Waals surface area contributed by atoms with Crippen molar-refractivity contribution in [3.05, 3.63) is 118 Å². The molecule has 32 heavy (non-hydrogen) atoms. The lowest BCUT2D eigenvalue weighted by Crippen LogP contribution is -2.11. The minimum Gasteiger partial charge on any atom is -0.0651 e. The smallest absolute Gasteiger partial charge is 0.0342 e. The van der Waals surface area contributed by atoms with Crippen molar-refractivity contribution in [2.45, 2.75) is 67.2 Å². The first-order valence-corrected chi connectivity index (χ1v) is 12.4. The maximum absolute atomic E-state index is 2.44. The zero-order valence-electron chi connectivity index (χ0n) is 20.9. The average molecular weight is 425 g/mol. The molecule has 0 spiro atoms. The van der Waals surface area contributed by atoms with Crippen LogP contribution in [0.1, 0.15) is 86.8 Å². The normalized spacial score (nSPS) is 13.5. The summed E-state index contributed by atoms with van der Waals surface area (Å²) in [6, 6.07) is 27.4. The Balaban J connectivity index is 2.02. The number of aryl methyl sites for hydroxylation is 2. The van der Waals surface area contributed by atoms with Gasteiger partial charge in [0.2, 0.25) is 0 Å². The molecule has 0 aromatic heterocycles. The van der Waals surface area contributed by atoms with E-state index in [-0.39, 0.29) is 0 Å². The third-order valence-corrected chi connectivity index (χ3v) is 6.86. The first-order chi connectivity index (χ1) is 15.4. The minimum atomic E-state index is 0.663. The van der Waals surface area contributed by atoms with Crippen LogP contribution in [0.25, 0.3) is 0 Å². The van der Waals surface area contributed by atoms with Crippen molar-refractivity contribution in [1.82, 2.24) is 0 Å². The van der Waals surface area contributed by atoms with Crippen molar-refractivity contribution in [2.75, 3.05) is 0 Å². The van der Waals surface area contributed by atoms with Gasteiger partial charge in [-0.15, -0.1) is 0 Å². The summed E-state index contributed by atoms with van der Waals surface area (Å²) in [7, 11) is 0. The Bertz CT molecular complexity index is 871. The summed E-state index contributed by atoms with van der Waals surface area (Å²) in [5.41, 5.74) is 8.06. The summed E-state index contributed by atoms with van der Waals surface area (Å²) in [5.74, 6) is 4.26. The fraction of sp³-hybridized carbons (Fsp3) is 0.375. The Hall–Kier alpha value is -2.34. The van der Waals surface area contributed by atoms with Crippen molar-refractivity contribution in [2.24, 2.45) is 11.8 Å². The van der Waals surface area contributed by atoms with Gasteiger partial charge in [0.1, 0.15) is 0 Å². The van der Waals surface area contributed by atoms with E-state index in [1.54, 1.807) is 0 Å². The second kappa shape index (κ2) is 11.5. The van der Waals surface area contributed by atoms with Gasteiger partial charge in [-0.05, 0) is 60.8 Å². The Kier molecular flexibility index (Phi) is 8.74. The first kappa shape index (κ1) is 24.3. The molecule has 0 aliphatic carbocycles. The molecular weight excluding hydrogens is 384 g/mol. The van der Waals surface area contributed by atoms with Crippen LogP contribution in [0.15, 0.2) is 72.8 Å². The highest BCUT2D eigenvalue weighted by Gasteiger charge is 2.22. The van der Waals surface area contributed by atoms with Crippen LogP contribution in [0.5, 0.6) is 0 Å². The van der Waals surface area contributed by atoms with Crippen molar-refractivity contribution in [1.29, 1.82) is 0 Å². The lowest BCUT2D eigenvalue weighted by Gasteiger charge is -2.25. The SMILES string of the molecule is CCC(C)C[C](c1ccc(C)cc1)c1cccc([C](CC(C)CC)c2ccc(C)cc2)c1. The minimum absolute atomic E-state index is 0.663. The van der Waals surface area contributed by atoms with Gasteiger partial charge in [-0.1, -0.05) is 124 Å². The van der Waals surface area contributed by atoms with Gasteiger partial charge in [-0.3, -0.25) is 0 Å². The summed E-state index contributed by atoms with van der Waals surface area (Å²) < 4.78 is 0. The molecule has 168 valence electrons. The second-order valence-corrected chi connectivity index (χ2v) is 9.71. The molecule has 2 atom stereocenters. The molecule has 0 heterocycles. The van der Waals surface area contributed by atoms with Gasteiger partial charge in [0.15, 0.2) is 0 Å². The molecule has 0 bridgehead atoms. The Morgan fingerprint density at radius 1 is 0.562 bits per heavy atom. The molecule has 0 fully saturated rings. The standard InChI is InChI=1S/C32H40/c1-7-23(3)20-31(27-16-12-25(5)13-17-27)29-10-9-11-30(22-29)32(21-24(4)8-2)28-18-14-26(6)15-19-28/h9-19,22-24H,7-8,20-21H2,1-6H3. The van der Waals surface area contributed by atoms with Crippen LogP contribution in [0, 0.1) is 37.5 Å². The van der Waals surface area contributed by atoms with Crippen molar-refractivity contribution in [3.8, 4) is 0 Å². The molecule has 0 N–H and O–H groups in total. The van der Waals surface area contributed by atoms with Gasteiger partial charge < -0.3 is 0 Å². The highest BCUT2D eigenvalue weighted by atomic mass is 14.3. The molecule has 0 aliphatic rings. The van der Waals surface area contributed by atoms with Gasteiger partial charge in [0.25, 0.3) is 0 Å². The third kappa shape index (κ3) is 6.35. The highest BCUT2D eigenvalue weighted by Crippen LogP contribution is 2.36. The molecule has 0 aliphatic heterocycles. The lowest BCUT2D eigenvalue weighted by molar-refractivity contribution is 0.538. The van der Waals surface area contributed by atoms with Crippen molar-refractivity contribution in [3.63, 3.8) is 0 Å². The van der Waals surface area contributed by atoms with E-state index in [1.165, 1.54) is 58.1 Å². The Labute approximate surface area is 197 Å². The van der Waals surface area contributed by atoms with Gasteiger partial charge in [0, 0.05) is 11.8 Å². The van der Waals surface area contributed by atoms with Crippen LogP contribution in [-0.4, -0.2) is 0 Å². The zero-order chi connectivity index (χ0) is 23.1. The summed E-state index contributed by atoms with van der Waals surface area (Å²) in [6.45, 7) is 13.6. The fourth-order valence-corrected chi connectivity index (χ4v) is 4.19. The first-order valence-electron chi connectivity index (χ1n) is 12.4. The molecule has 0 amide bonds. The van der Waals surface area contributed by atoms with E-state index in [0.29, 0.717) is 11.8 Å². The molecule has 3 aromatic carbocycles. The van der Waals surface area contributed by atoms with E-state index in [0.717, 1.165) is 12.8 Å². The number of rotatable bonds is 10. The van der Waals surface area contributed by atoms with E-state index in [9.17, 15) is 0 Å². The molecule has 2 radical (unpaired) electrons. The van der Waals surface area contributed by atoms with Crippen LogP contribution in [-0.2, 0) is 0 Å². The zero-order valence-corrected chi connectivity index (χ0v) is 20.9. The van der Waals surface area contributed by atoms with Crippen molar-refractivity contribution < 1.29 is 0 Å². The maximum atomic E-state index is 2.44. The second-order valence-electron chi connectivity index (χ2n) is 9.71. The molecule has 0 saturated heterocycles. The van der Waals surface area contributed by atoms with Crippen LogP contribution < -0.4 is 0 Å². The molecule has 3 aromatic rings. The van der Waals surface area contributed by atoms with Crippen LogP contribution in [0.2, 0.25) is 0 Å². The molecule has 3 rings (SSSR count). The quantitative estimate of drug-likeness (QED) is 0.304. The van der Waals surface area contributed by atoms with E-state index in [4.69, 9.17) is 0 Å². The van der Waals surface area contributed by atoms with Gasteiger partial charge >= 0.3 is 0 Å². The van der Waals surface area contributed by atoms with Crippen molar-refractivity contribution >= 4 is 0 Å². The Morgan fingerprint density at radius 3 is 1.28 bits per heavy atom. The molecule has 0 nitrogen and oxygen atoms in total. The Morgan fingerprint density at radius 2 is 0.938 bits per heavy atom. The largest absolute Gasteiger partial charge is 0.0651 e. The van der Waals surface area contributed by atoms with Crippen LogP contribution in [0.4, 0.5) is 0 Å². The monoisotopic (exact) mass is 424 g/mol. The fourth-order valence-electron chi connectivity index (χ4n) is 4.19. The predicted octanol–water partition coefficient (Wildman–Crippen LogP) is 9.12. The molecule has 0 saturated carbocycles. The van der Waals surface area contributed by atoms with Crippen LogP contribution in [0.3, 0.4) is 0 Å². The topological polar surface area (TPSA) is 0 Å². The van der Waals surface area contributed by atoms with E-state index >= 15 is 0 Å². The summed E-state index contributed by atoms with van der Waals surface area (Å²) in [6.07, 6.45) is 4.61. The number of benzene rings is 3. The van der Waals surface area contributed by atoms with E-state index < -0.39 is 0 Å². The summed E-state index contributed by atoms with van der Waals surface area (Å²) in [5, 5.41) is 0. The number of hydrogen-bond donors (Lipinski definition) is 0. The van der Waals surface area contributed by atoms with E-state index in [1.807, 2.05) is 0 Å². The number of hydrogen-bond acceptors (Lipinski definition) is 0. The van der Waals surface area contributed by atoms with Gasteiger partial charge in [-0.25, -0.2) is 0 Å². The highest BCUT2D eigenvalue weighted by molar-refractivity contribution is 5.53. The maximum Gasteiger partial charge on any atom is 0.0342 e.